The van der Waals surface area contributed by atoms with Crippen molar-refractivity contribution in [3.63, 3.8) is 0 Å². The number of fused-ring (bicyclic) bond motifs is 5. The van der Waals surface area contributed by atoms with Gasteiger partial charge >= 0.3 is 0 Å². The Morgan fingerprint density at radius 2 is 1.52 bits per heavy atom. The molecule has 0 bridgehead atoms. The first-order valence-electron chi connectivity index (χ1n) is 11.3. The van der Waals surface area contributed by atoms with Gasteiger partial charge in [0.05, 0.1) is 27.3 Å². The van der Waals surface area contributed by atoms with Crippen LogP contribution in [0.4, 0.5) is 0 Å². The lowest BCUT2D eigenvalue weighted by atomic mass is 9.93. The highest BCUT2D eigenvalue weighted by Gasteiger charge is 2.25. The molecule has 0 saturated heterocycles. The molecule has 6 aromatic rings. The zero-order chi connectivity index (χ0) is 21.8. The molecule has 3 aromatic heterocycles. The summed E-state index contributed by atoms with van der Waals surface area (Å²) in [6.07, 6.45) is 2.23. The van der Waals surface area contributed by atoms with E-state index in [0.29, 0.717) is 5.92 Å². The molecule has 0 aliphatic carbocycles. The van der Waals surface area contributed by atoms with Crippen molar-refractivity contribution < 1.29 is 4.57 Å². The minimum atomic E-state index is 0.487. The molecule has 0 N–H and O–H groups in total. The van der Waals surface area contributed by atoms with E-state index in [1.165, 1.54) is 76.8 Å². The zero-order valence-corrected chi connectivity index (χ0v) is 19.5. The van der Waals surface area contributed by atoms with E-state index >= 15 is 0 Å². The zero-order valence-electron chi connectivity index (χ0n) is 19.5. The highest BCUT2D eigenvalue weighted by Crippen LogP contribution is 2.43. The normalized spacial score (nSPS) is 12.6. The summed E-state index contributed by atoms with van der Waals surface area (Å²) in [6.45, 7) is 13.6. The van der Waals surface area contributed by atoms with Crippen molar-refractivity contribution in [3.8, 4) is 0 Å². The van der Waals surface area contributed by atoms with Crippen LogP contribution in [0.3, 0.4) is 0 Å². The molecule has 0 spiro atoms. The molecule has 0 unspecified atom stereocenters. The van der Waals surface area contributed by atoms with Crippen molar-refractivity contribution in [2.45, 2.75) is 47.5 Å². The summed E-state index contributed by atoms with van der Waals surface area (Å²) in [4.78, 5) is 0. The summed E-state index contributed by atoms with van der Waals surface area (Å²) in [7, 11) is 2.19. The molecule has 2 nitrogen and oxygen atoms in total. The van der Waals surface area contributed by atoms with Crippen molar-refractivity contribution >= 4 is 49.0 Å². The molecule has 0 saturated carbocycles. The van der Waals surface area contributed by atoms with Gasteiger partial charge in [-0.1, -0.05) is 26.0 Å². The van der Waals surface area contributed by atoms with Gasteiger partial charge in [-0.15, -0.1) is 0 Å². The van der Waals surface area contributed by atoms with Crippen LogP contribution in [0.5, 0.6) is 0 Å². The Hall–Kier alpha value is -3.13. The SMILES string of the molecule is Cc1ccc2c(c1C)c1cc(C)c(C)c3c1n2c1cc(C(C)C)cc2cc[n+](C)c3c21. The van der Waals surface area contributed by atoms with Crippen LogP contribution in [-0.2, 0) is 7.05 Å². The second kappa shape index (κ2) is 5.97. The first-order valence-corrected chi connectivity index (χ1v) is 11.3. The van der Waals surface area contributed by atoms with E-state index in [1.807, 2.05) is 0 Å². The van der Waals surface area contributed by atoms with Crippen LogP contribution in [0.25, 0.3) is 49.0 Å². The lowest BCUT2D eigenvalue weighted by Gasteiger charge is -2.16. The Balaban J connectivity index is 2.10. The molecular formula is C29H29N2+. The van der Waals surface area contributed by atoms with Crippen molar-refractivity contribution in [1.82, 2.24) is 4.40 Å². The van der Waals surface area contributed by atoms with E-state index in [0.717, 1.165) is 0 Å². The Labute approximate surface area is 183 Å². The first kappa shape index (κ1) is 18.6. The summed E-state index contributed by atoms with van der Waals surface area (Å²) in [5.41, 5.74) is 12.2. The van der Waals surface area contributed by atoms with Gasteiger partial charge in [-0.2, -0.15) is 0 Å². The third-order valence-corrected chi connectivity index (χ3v) is 7.65. The second-order valence-electron chi connectivity index (χ2n) is 9.76. The number of nitrogens with zero attached hydrogens (tertiary/aromatic N) is 2. The van der Waals surface area contributed by atoms with E-state index in [2.05, 4.69) is 100 Å². The highest BCUT2D eigenvalue weighted by molar-refractivity contribution is 6.26. The Morgan fingerprint density at radius 1 is 0.774 bits per heavy atom. The molecule has 0 radical (unpaired) electrons. The van der Waals surface area contributed by atoms with Gasteiger partial charge in [-0.25, -0.2) is 4.57 Å². The van der Waals surface area contributed by atoms with E-state index in [4.69, 9.17) is 0 Å². The molecule has 3 aromatic carbocycles. The molecule has 0 aliphatic heterocycles. The maximum atomic E-state index is 2.56. The molecule has 3 heterocycles. The van der Waals surface area contributed by atoms with Crippen molar-refractivity contribution in [1.29, 1.82) is 0 Å². The standard InChI is InChI=1S/C29H29N2/c1-15(2)21-13-20-10-11-30(7)29-26-19(6)17(4)12-22-25-18(5)16(3)8-9-23(25)31(28(22)26)24(14-21)27(20)29/h8-15H,1-7H3/q+1. The molecule has 6 rings (SSSR count). The number of hydrogen-bond acceptors (Lipinski definition) is 0. The molecule has 31 heavy (non-hydrogen) atoms. The number of benzene rings is 3. The monoisotopic (exact) mass is 405 g/mol. The molecule has 0 atom stereocenters. The lowest BCUT2D eigenvalue weighted by Crippen LogP contribution is -2.29. The van der Waals surface area contributed by atoms with Gasteiger partial charge in [0.15, 0.2) is 6.20 Å². The summed E-state index contributed by atoms with van der Waals surface area (Å²) < 4.78 is 4.88. The number of aryl methyl sites for hydroxylation is 5. The molecule has 0 fully saturated rings. The Morgan fingerprint density at radius 3 is 2.26 bits per heavy atom. The van der Waals surface area contributed by atoms with Gasteiger partial charge in [0.25, 0.3) is 0 Å². The smallest absolute Gasteiger partial charge is 0.224 e. The molecular weight excluding hydrogens is 376 g/mol. The van der Waals surface area contributed by atoms with Gasteiger partial charge < -0.3 is 4.40 Å². The Bertz CT molecular complexity index is 1700. The van der Waals surface area contributed by atoms with Gasteiger partial charge in [-0.05, 0) is 85.0 Å². The predicted octanol–water partition coefficient (Wildman–Crippen LogP) is 7.17. The highest BCUT2D eigenvalue weighted by atomic mass is 15.0. The Kier molecular flexibility index (Phi) is 3.59. The van der Waals surface area contributed by atoms with Crippen molar-refractivity contribution in [3.05, 3.63) is 70.4 Å². The van der Waals surface area contributed by atoms with Gasteiger partial charge in [0.2, 0.25) is 5.52 Å². The second-order valence-corrected chi connectivity index (χ2v) is 9.76. The topological polar surface area (TPSA) is 8.29 Å². The first-order chi connectivity index (χ1) is 14.8. The van der Waals surface area contributed by atoms with Gasteiger partial charge in [0.1, 0.15) is 7.05 Å². The van der Waals surface area contributed by atoms with Crippen LogP contribution in [0.1, 0.15) is 47.6 Å². The van der Waals surface area contributed by atoms with Crippen molar-refractivity contribution in [2.75, 3.05) is 0 Å². The van der Waals surface area contributed by atoms with E-state index in [1.54, 1.807) is 0 Å². The number of pyridine rings is 2. The number of rotatable bonds is 1. The van der Waals surface area contributed by atoms with Crippen LogP contribution < -0.4 is 4.57 Å². The third-order valence-electron chi connectivity index (χ3n) is 7.65. The van der Waals surface area contributed by atoms with E-state index < -0.39 is 0 Å². The molecule has 0 aliphatic rings. The quantitative estimate of drug-likeness (QED) is 0.156. The molecule has 0 amide bonds. The summed E-state index contributed by atoms with van der Waals surface area (Å²) in [6, 6.07) is 14.1. The number of aromatic nitrogens is 2. The average molecular weight is 406 g/mol. The van der Waals surface area contributed by atoms with E-state index in [9.17, 15) is 0 Å². The fraction of sp³-hybridized carbons (Fsp3) is 0.276. The predicted molar refractivity (Wildman–Crippen MR) is 133 cm³/mol. The maximum Gasteiger partial charge on any atom is 0.224 e. The van der Waals surface area contributed by atoms with Crippen LogP contribution >= 0.6 is 0 Å². The van der Waals surface area contributed by atoms with Crippen LogP contribution in [0, 0.1) is 27.7 Å². The minimum absolute atomic E-state index is 0.487. The van der Waals surface area contributed by atoms with Crippen LogP contribution in [-0.4, -0.2) is 4.40 Å². The van der Waals surface area contributed by atoms with Gasteiger partial charge in [0, 0.05) is 16.8 Å². The van der Waals surface area contributed by atoms with Crippen LogP contribution in [0.2, 0.25) is 0 Å². The average Bonchev–Trinajstić information content (AvgIpc) is 3.06. The van der Waals surface area contributed by atoms with Crippen molar-refractivity contribution in [2.24, 2.45) is 7.05 Å². The summed E-state index contributed by atoms with van der Waals surface area (Å²) in [5.74, 6) is 0.487. The third kappa shape index (κ3) is 2.20. The van der Waals surface area contributed by atoms with Crippen LogP contribution in [0.15, 0.2) is 42.6 Å². The largest absolute Gasteiger partial charge is 0.307 e. The molecule has 2 heteroatoms. The number of hydrogen-bond donors (Lipinski definition) is 0. The summed E-state index contributed by atoms with van der Waals surface area (Å²) in [5, 5.41) is 6.87. The molecule has 154 valence electrons. The fourth-order valence-corrected chi connectivity index (χ4v) is 5.63. The maximum absolute atomic E-state index is 2.56. The minimum Gasteiger partial charge on any atom is -0.307 e. The van der Waals surface area contributed by atoms with E-state index in [-0.39, 0.29) is 0 Å². The van der Waals surface area contributed by atoms with Gasteiger partial charge in [-0.3, -0.25) is 0 Å². The summed E-state index contributed by atoms with van der Waals surface area (Å²) >= 11 is 0. The fourth-order valence-electron chi connectivity index (χ4n) is 5.63. The lowest BCUT2D eigenvalue weighted by molar-refractivity contribution is -0.643.